The molecule has 2 nitrogen and oxygen atoms in total. The van der Waals surface area contributed by atoms with E-state index in [1.807, 2.05) is 43.3 Å². The van der Waals surface area contributed by atoms with Gasteiger partial charge in [0.15, 0.2) is 5.78 Å². The number of rotatable bonds is 2. The molecular formula is C16H15ClO2. The monoisotopic (exact) mass is 274 g/mol. The van der Waals surface area contributed by atoms with E-state index < -0.39 is 0 Å². The van der Waals surface area contributed by atoms with E-state index in [2.05, 4.69) is 0 Å². The van der Waals surface area contributed by atoms with Crippen LogP contribution in [0.2, 0.25) is 5.02 Å². The molecule has 0 radical (unpaired) electrons. The predicted octanol–water partition coefficient (Wildman–Crippen LogP) is 4.02. The van der Waals surface area contributed by atoms with Crippen LogP contribution in [0.3, 0.4) is 0 Å². The predicted molar refractivity (Wildman–Crippen MR) is 75.1 cm³/mol. The number of ketones is 1. The van der Waals surface area contributed by atoms with Crippen molar-refractivity contribution >= 4 is 17.4 Å². The zero-order valence-electron chi connectivity index (χ0n) is 10.9. The first-order valence-corrected chi connectivity index (χ1v) is 6.75. The molecule has 1 aliphatic carbocycles. The summed E-state index contributed by atoms with van der Waals surface area (Å²) in [5.41, 5.74) is 1.65. The van der Waals surface area contributed by atoms with Crippen LogP contribution in [-0.2, 0) is 9.53 Å². The summed E-state index contributed by atoms with van der Waals surface area (Å²) >= 11 is 5.90. The molecule has 1 aromatic carbocycles. The molecule has 1 spiro atoms. The van der Waals surface area contributed by atoms with E-state index in [0.29, 0.717) is 11.5 Å². The quantitative estimate of drug-likeness (QED) is 0.814. The molecule has 1 saturated carbocycles. The average Bonchev–Trinajstić information content (AvgIpc) is 3.03. The Labute approximate surface area is 117 Å². The fraction of sp³-hybridized carbons (Fsp3) is 0.312. The van der Waals surface area contributed by atoms with Crippen LogP contribution in [0.25, 0.3) is 0 Å². The highest BCUT2D eigenvalue weighted by Gasteiger charge is 2.57. The molecule has 0 N–H and O–H groups in total. The molecule has 3 rings (SSSR count). The smallest absolute Gasteiger partial charge is 0.163 e. The van der Waals surface area contributed by atoms with Gasteiger partial charge in [-0.3, -0.25) is 4.79 Å². The van der Waals surface area contributed by atoms with Crippen LogP contribution in [0.1, 0.15) is 31.7 Å². The average molecular weight is 275 g/mol. The molecule has 0 saturated heterocycles. The second-order valence-electron chi connectivity index (χ2n) is 5.22. The molecule has 1 heterocycles. The number of benzene rings is 1. The van der Waals surface area contributed by atoms with Gasteiger partial charge in [-0.2, -0.15) is 0 Å². The maximum atomic E-state index is 11.4. The Morgan fingerprint density at radius 1 is 1.37 bits per heavy atom. The Balaban J connectivity index is 1.82. The molecule has 1 fully saturated rings. The lowest BCUT2D eigenvalue weighted by molar-refractivity contribution is -0.113. The molecule has 19 heavy (non-hydrogen) atoms. The fourth-order valence-corrected chi connectivity index (χ4v) is 2.86. The molecule has 98 valence electrons. The van der Waals surface area contributed by atoms with Crippen molar-refractivity contribution in [3.8, 4) is 0 Å². The number of ether oxygens (including phenoxy) is 1. The topological polar surface area (TPSA) is 26.3 Å². The van der Waals surface area contributed by atoms with Gasteiger partial charge in [0, 0.05) is 17.4 Å². The van der Waals surface area contributed by atoms with Crippen molar-refractivity contribution in [2.45, 2.75) is 31.8 Å². The van der Waals surface area contributed by atoms with Crippen molar-refractivity contribution in [1.82, 2.24) is 0 Å². The number of carbonyl (C=O) groups excluding carboxylic acids is 1. The first-order chi connectivity index (χ1) is 9.02. The lowest BCUT2D eigenvalue weighted by atomic mass is 10.0. The summed E-state index contributed by atoms with van der Waals surface area (Å²) in [7, 11) is 0. The minimum atomic E-state index is -0.253. The molecule has 0 aromatic heterocycles. The van der Waals surface area contributed by atoms with Crippen LogP contribution in [0, 0.1) is 0 Å². The normalized spacial score (nSPS) is 28.5. The molecule has 0 bridgehead atoms. The van der Waals surface area contributed by atoms with Crippen LogP contribution in [0.5, 0.6) is 0 Å². The van der Waals surface area contributed by atoms with Gasteiger partial charge in [-0.05, 0) is 43.7 Å². The number of halogens is 1. The molecular weight excluding hydrogens is 260 g/mol. The van der Waals surface area contributed by atoms with Gasteiger partial charge in [-0.25, -0.2) is 0 Å². The fourth-order valence-electron chi connectivity index (χ4n) is 2.73. The standard InChI is InChI=1S/C16H15ClO2/c1-10(18)14-7-8-16(19-11(14)2)9-15(16)12-3-5-13(17)6-4-12/h3-8,15H,9H2,1-2H3/t15-,16+/m0/s1. The third-order valence-corrected chi connectivity index (χ3v) is 4.11. The van der Waals surface area contributed by atoms with E-state index in [1.165, 1.54) is 5.56 Å². The van der Waals surface area contributed by atoms with Gasteiger partial charge in [0.05, 0.1) is 5.57 Å². The summed E-state index contributed by atoms with van der Waals surface area (Å²) < 4.78 is 5.99. The molecule has 0 unspecified atom stereocenters. The minimum Gasteiger partial charge on any atom is -0.486 e. The second kappa shape index (κ2) is 4.24. The Bertz CT molecular complexity index is 598. The van der Waals surface area contributed by atoms with Crippen LogP contribution in [-0.4, -0.2) is 11.4 Å². The van der Waals surface area contributed by atoms with Crippen molar-refractivity contribution in [2.24, 2.45) is 0 Å². The SMILES string of the molecule is CC(=O)C1=C(C)O[C@]2(C=C1)C[C@H]2c1ccc(Cl)cc1. The maximum absolute atomic E-state index is 11.4. The number of hydrogen-bond donors (Lipinski definition) is 0. The number of allylic oxidation sites excluding steroid dienone is 3. The first kappa shape index (κ1) is 12.5. The van der Waals surface area contributed by atoms with E-state index in [0.717, 1.165) is 17.2 Å². The molecule has 0 amide bonds. The second-order valence-corrected chi connectivity index (χ2v) is 5.66. The van der Waals surface area contributed by atoms with Crippen LogP contribution in [0.15, 0.2) is 47.7 Å². The van der Waals surface area contributed by atoms with Gasteiger partial charge < -0.3 is 4.74 Å². The van der Waals surface area contributed by atoms with Crippen LogP contribution in [0.4, 0.5) is 0 Å². The summed E-state index contributed by atoms with van der Waals surface area (Å²) in [5, 5.41) is 0.744. The number of hydrogen-bond acceptors (Lipinski definition) is 2. The van der Waals surface area contributed by atoms with E-state index in [9.17, 15) is 4.79 Å². The zero-order valence-corrected chi connectivity index (χ0v) is 11.7. The Kier molecular flexibility index (Phi) is 2.79. The molecule has 2 aliphatic rings. The summed E-state index contributed by atoms with van der Waals surface area (Å²) in [5.74, 6) is 1.13. The minimum absolute atomic E-state index is 0.0484. The summed E-state index contributed by atoms with van der Waals surface area (Å²) in [4.78, 5) is 11.4. The van der Waals surface area contributed by atoms with E-state index in [-0.39, 0.29) is 11.4 Å². The van der Waals surface area contributed by atoms with Crippen molar-refractivity contribution in [1.29, 1.82) is 0 Å². The molecule has 1 aromatic rings. The number of carbonyl (C=O) groups is 1. The highest BCUT2D eigenvalue weighted by Crippen LogP contribution is 2.57. The van der Waals surface area contributed by atoms with Gasteiger partial charge in [0.2, 0.25) is 0 Å². The largest absolute Gasteiger partial charge is 0.486 e. The Morgan fingerprint density at radius 2 is 2.05 bits per heavy atom. The maximum Gasteiger partial charge on any atom is 0.163 e. The van der Waals surface area contributed by atoms with E-state index in [1.54, 1.807) is 6.92 Å². The first-order valence-electron chi connectivity index (χ1n) is 6.37. The van der Waals surface area contributed by atoms with Crippen molar-refractivity contribution < 1.29 is 9.53 Å². The summed E-state index contributed by atoms with van der Waals surface area (Å²) in [6, 6.07) is 7.88. The molecule has 2 atom stereocenters. The Hall–Kier alpha value is -1.54. The summed E-state index contributed by atoms with van der Waals surface area (Å²) in [6.07, 6.45) is 4.88. The van der Waals surface area contributed by atoms with Gasteiger partial charge in [0.1, 0.15) is 11.4 Å². The highest BCUT2D eigenvalue weighted by molar-refractivity contribution is 6.30. The highest BCUT2D eigenvalue weighted by atomic mass is 35.5. The molecule has 1 aliphatic heterocycles. The molecule has 3 heteroatoms. The third kappa shape index (κ3) is 2.10. The van der Waals surface area contributed by atoms with Crippen molar-refractivity contribution in [3.63, 3.8) is 0 Å². The van der Waals surface area contributed by atoms with Crippen LogP contribution < -0.4 is 0 Å². The van der Waals surface area contributed by atoms with Crippen LogP contribution >= 0.6 is 11.6 Å². The van der Waals surface area contributed by atoms with E-state index >= 15 is 0 Å². The van der Waals surface area contributed by atoms with E-state index in [4.69, 9.17) is 16.3 Å². The lowest BCUT2D eigenvalue weighted by Gasteiger charge is -2.22. The number of Topliss-reactive ketones (excluding diaryl/α,β-unsaturated/α-hetero) is 1. The van der Waals surface area contributed by atoms with Gasteiger partial charge in [-0.15, -0.1) is 0 Å². The van der Waals surface area contributed by atoms with Crippen molar-refractivity contribution in [3.05, 3.63) is 58.3 Å². The zero-order chi connectivity index (χ0) is 13.6. The van der Waals surface area contributed by atoms with Crippen molar-refractivity contribution in [2.75, 3.05) is 0 Å². The lowest BCUT2D eigenvalue weighted by Crippen LogP contribution is -2.18. The Morgan fingerprint density at radius 3 is 2.63 bits per heavy atom. The third-order valence-electron chi connectivity index (χ3n) is 3.86. The van der Waals surface area contributed by atoms with Gasteiger partial charge in [-0.1, -0.05) is 23.7 Å². The van der Waals surface area contributed by atoms with Gasteiger partial charge in [0.25, 0.3) is 0 Å². The van der Waals surface area contributed by atoms with Gasteiger partial charge >= 0.3 is 0 Å². The summed E-state index contributed by atoms with van der Waals surface area (Å²) in [6.45, 7) is 3.42.